The fraction of sp³-hybridized carbons (Fsp3) is 0.615. The van der Waals surface area contributed by atoms with Gasteiger partial charge in [-0.25, -0.2) is 9.78 Å². The van der Waals surface area contributed by atoms with E-state index in [0.717, 1.165) is 25.7 Å². The lowest BCUT2D eigenvalue weighted by Gasteiger charge is -2.29. The number of amides is 2. The molecule has 1 saturated carbocycles. The molecule has 0 saturated heterocycles. The Labute approximate surface area is 117 Å². The van der Waals surface area contributed by atoms with Gasteiger partial charge in [-0.05, 0) is 19.8 Å². The number of urea groups is 1. The summed E-state index contributed by atoms with van der Waals surface area (Å²) in [4.78, 5) is 30.6. The normalized spacial score (nSPS) is 16.7. The van der Waals surface area contributed by atoms with Gasteiger partial charge in [-0.2, -0.15) is 0 Å². The van der Waals surface area contributed by atoms with Crippen LogP contribution >= 0.6 is 0 Å². The highest BCUT2D eigenvalue weighted by Gasteiger charge is 2.39. The number of nitrogens with one attached hydrogen (secondary N) is 3. The van der Waals surface area contributed by atoms with Gasteiger partial charge in [0, 0.05) is 6.54 Å². The van der Waals surface area contributed by atoms with Crippen molar-refractivity contribution in [2.24, 2.45) is 0 Å². The Morgan fingerprint density at radius 2 is 2.20 bits per heavy atom. The minimum atomic E-state index is -0.593. The van der Waals surface area contributed by atoms with Crippen molar-refractivity contribution in [3.63, 3.8) is 0 Å². The van der Waals surface area contributed by atoms with Gasteiger partial charge < -0.3 is 20.4 Å². The molecule has 0 radical (unpaired) electrons. The average Bonchev–Trinajstić information content (AvgIpc) is 2.88. The van der Waals surface area contributed by atoms with E-state index >= 15 is 0 Å². The standard InChI is InChI=1S/C13H20N4O3/c1-3-14-12(19)17-13(6-4-5-7-13)11-15-8-9(20-2)10(18)16-11/h8H,3-7H2,1-2H3,(H2,14,17,19)(H,15,16,18). The Morgan fingerprint density at radius 1 is 1.50 bits per heavy atom. The third kappa shape index (κ3) is 2.76. The molecule has 1 fully saturated rings. The summed E-state index contributed by atoms with van der Waals surface area (Å²) in [7, 11) is 1.42. The van der Waals surface area contributed by atoms with Crippen molar-refractivity contribution in [2.45, 2.75) is 38.1 Å². The third-order valence-corrected chi connectivity index (χ3v) is 3.59. The van der Waals surface area contributed by atoms with E-state index in [1.165, 1.54) is 13.3 Å². The SMILES string of the molecule is CCNC(=O)NC1(c2ncc(OC)c(=O)[nH]2)CCCC1. The molecule has 1 aromatic rings. The van der Waals surface area contributed by atoms with E-state index in [2.05, 4.69) is 20.6 Å². The number of rotatable bonds is 4. The van der Waals surface area contributed by atoms with Crippen molar-refractivity contribution in [2.75, 3.05) is 13.7 Å². The molecule has 0 aliphatic heterocycles. The predicted molar refractivity (Wildman–Crippen MR) is 73.8 cm³/mol. The van der Waals surface area contributed by atoms with Gasteiger partial charge in [0.2, 0.25) is 5.75 Å². The van der Waals surface area contributed by atoms with Crippen LogP contribution in [0.5, 0.6) is 5.75 Å². The maximum atomic E-state index is 11.8. The van der Waals surface area contributed by atoms with Crippen LogP contribution in [0, 0.1) is 0 Å². The van der Waals surface area contributed by atoms with Gasteiger partial charge in [0.15, 0.2) is 0 Å². The number of ether oxygens (including phenoxy) is 1. The number of aromatic nitrogens is 2. The molecule has 7 heteroatoms. The zero-order chi connectivity index (χ0) is 14.6. The van der Waals surface area contributed by atoms with Crippen molar-refractivity contribution in [3.05, 3.63) is 22.4 Å². The van der Waals surface area contributed by atoms with Gasteiger partial charge in [0.05, 0.1) is 18.8 Å². The number of carbonyl (C=O) groups excluding carboxylic acids is 1. The van der Waals surface area contributed by atoms with Crippen LogP contribution in [0.25, 0.3) is 0 Å². The Balaban J connectivity index is 2.30. The first-order chi connectivity index (χ1) is 9.61. The monoisotopic (exact) mass is 280 g/mol. The molecule has 1 aliphatic rings. The molecular formula is C13H20N4O3. The first-order valence-electron chi connectivity index (χ1n) is 6.81. The van der Waals surface area contributed by atoms with Crippen molar-refractivity contribution >= 4 is 6.03 Å². The fourth-order valence-electron chi connectivity index (χ4n) is 2.59. The Morgan fingerprint density at radius 3 is 2.75 bits per heavy atom. The predicted octanol–water partition coefficient (Wildman–Crippen LogP) is 0.867. The molecule has 0 bridgehead atoms. The second kappa shape index (κ2) is 5.94. The molecule has 1 aromatic heterocycles. The van der Waals surface area contributed by atoms with Crippen LogP contribution in [0.15, 0.2) is 11.0 Å². The zero-order valence-electron chi connectivity index (χ0n) is 11.8. The van der Waals surface area contributed by atoms with Crippen molar-refractivity contribution in [1.82, 2.24) is 20.6 Å². The minimum absolute atomic E-state index is 0.167. The maximum Gasteiger partial charge on any atom is 0.315 e. The molecule has 0 aromatic carbocycles. The van der Waals surface area contributed by atoms with Crippen LogP contribution in [0.4, 0.5) is 4.79 Å². The Hall–Kier alpha value is -2.05. The number of hydrogen-bond donors (Lipinski definition) is 3. The van der Waals surface area contributed by atoms with Crippen molar-refractivity contribution < 1.29 is 9.53 Å². The lowest BCUT2D eigenvalue weighted by atomic mass is 9.96. The minimum Gasteiger partial charge on any atom is -0.490 e. The number of hydrogen-bond acceptors (Lipinski definition) is 4. The van der Waals surface area contributed by atoms with Crippen molar-refractivity contribution in [3.8, 4) is 5.75 Å². The summed E-state index contributed by atoms with van der Waals surface area (Å²) in [6.45, 7) is 2.41. The summed E-state index contributed by atoms with van der Waals surface area (Å²) < 4.78 is 4.91. The maximum absolute atomic E-state index is 11.8. The second-order valence-electron chi connectivity index (χ2n) is 4.90. The molecule has 1 aliphatic carbocycles. The molecule has 7 nitrogen and oxygen atoms in total. The number of H-pyrrole nitrogens is 1. The summed E-state index contributed by atoms with van der Waals surface area (Å²) in [5.74, 6) is 0.659. The number of aromatic amines is 1. The van der Waals surface area contributed by atoms with Gasteiger partial charge in [0.1, 0.15) is 5.82 Å². The summed E-state index contributed by atoms with van der Waals surface area (Å²) in [6.07, 6.45) is 4.90. The van der Waals surface area contributed by atoms with E-state index in [1.807, 2.05) is 6.92 Å². The lowest BCUT2D eigenvalue weighted by molar-refractivity contribution is 0.222. The molecule has 3 N–H and O–H groups in total. The quantitative estimate of drug-likeness (QED) is 0.762. The van der Waals surface area contributed by atoms with E-state index in [9.17, 15) is 9.59 Å². The largest absolute Gasteiger partial charge is 0.490 e. The molecule has 0 unspecified atom stereocenters. The van der Waals surface area contributed by atoms with Crippen LogP contribution in [-0.4, -0.2) is 29.7 Å². The van der Waals surface area contributed by atoms with Crippen LogP contribution < -0.4 is 20.9 Å². The summed E-state index contributed by atoms with van der Waals surface area (Å²) in [5, 5.41) is 5.66. The molecule has 1 heterocycles. The van der Waals surface area contributed by atoms with Crippen LogP contribution in [0.1, 0.15) is 38.4 Å². The van der Waals surface area contributed by atoms with Gasteiger partial charge >= 0.3 is 6.03 Å². The van der Waals surface area contributed by atoms with E-state index in [0.29, 0.717) is 12.4 Å². The Bertz CT molecular complexity index is 535. The lowest BCUT2D eigenvalue weighted by Crippen LogP contribution is -2.49. The highest BCUT2D eigenvalue weighted by Crippen LogP contribution is 2.36. The van der Waals surface area contributed by atoms with Crippen LogP contribution in [-0.2, 0) is 5.54 Å². The number of methoxy groups -OCH3 is 1. The average molecular weight is 280 g/mol. The first-order valence-corrected chi connectivity index (χ1v) is 6.81. The zero-order valence-corrected chi connectivity index (χ0v) is 11.8. The fourth-order valence-corrected chi connectivity index (χ4v) is 2.59. The van der Waals surface area contributed by atoms with Gasteiger partial charge in [-0.1, -0.05) is 12.8 Å². The van der Waals surface area contributed by atoms with Crippen LogP contribution in [0.3, 0.4) is 0 Å². The Kier molecular flexibility index (Phi) is 4.26. The van der Waals surface area contributed by atoms with Gasteiger partial charge in [-0.3, -0.25) is 4.79 Å². The first kappa shape index (κ1) is 14.4. The van der Waals surface area contributed by atoms with E-state index < -0.39 is 5.54 Å². The van der Waals surface area contributed by atoms with Gasteiger partial charge in [-0.15, -0.1) is 0 Å². The van der Waals surface area contributed by atoms with Crippen LogP contribution in [0.2, 0.25) is 0 Å². The molecule has 0 spiro atoms. The molecular weight excluding hydrogens is 260 g/mol. The molecule has 2 rings (SSSR count). The number of nitrogens with zero attached hydrogens (tertiary/aromatic N) is 1. The summed E-state index contributed by atoms with van der Waals surface area (Å²) in [6, 6.07) is -0.243. The topological polar surface area (TPSA) is 96.1 Å². The van der Waals surface area contributed by atoms with Gasteiger partial charge in [0.25, 0.3) is 5.56 Å². The van der Waals surface area contributed by atoms with E-state index in [1.54, 1.807) is 0 Å². The molecule has 20 heavy (non-hydrogen) atoms. The highest BCUT2D eigenvalue weighted by molar-refractivity contribution is 5.74. The third-order valence-electron chi connectivity index (χ3n) is 3.59. The molecule has 110 valence electrons. The smallest absolute Gasteiger partial charge is 0.315 e. The van der Waals surface area contributed by atoms with E-state index in [-0.39, 0.29) is 17.3 Å². The molecule has 0 atom stereocenters. The van der Waals surface area contributed by atoms with E-state index in [4.69, 9.17) is 4.74 Å². The second-order valence-corrected chi connectivity index (χ2v) is 4.90. The van der Waals surface area contributed by atoms with Crippen molar-refractivity contribution in [1.29, 1.82) is 0 Å². The molecule has 2 amide bonds. The number of carbonyl (C=O) groups is 1. The summed E-state index contributed by atoms with van der Waals surface area (Å²) in [5.41, 5.74) is -0.925. The summed E-state index contributed by atoms with van der Waals surface area (Å²) >= 11 is 0. The highest BCUT2D eigenvalue weighted by atomic mass is 16.5.